The third-order valence-electron chi connectivity index (χ3n) is 10.4. The second kappa shape index (κ2) is 13.1. The van der Waals surface area contributed by atoms with Gasteiger partial charge in [-0.25, -0.2) is 15.4 Å². The summed E-state index contributed by atoms with van der Waals surface area (Å²) >= 11 is 6.51. The van der Waals surface area contributed by atoms with Gasteiger partial charge in [0.05, 0.1) is 30.5 Å². The second-order valence-corrected chi connectivity index (χ2v) is 13.8. The summed E-state index contributed by atoms with van der Waals surface area (Å²) in [6.07, 6.45) is 1.58. The first kappa shape index (κ1) is 32.5. The van der Waals surface area contributed by atoms with Gasteiger partial charge in [0.2, 0.25) is 6.54 Å². The molecule has 4 aliphatic rings. The van der Waals surface area contributed by atoms with E-state index in [2.05, 4.69) is 33.2 Å². The van der Waals surface area contributed by atoms with Crippen molar-refractivity contribution in [3.8, 4) is 6.01 Å². The van der Waals surface area contributed by atoms with Crippen LogP contribution in [0, 0.1) is 23.7 Å². The lowest BCUT2D eigenvalue weighted by atomic mass is 9.67. The van der Waals surface area contributed by atoms with Crippen LogP contribution in [0.2, 0.25) is 5.02 Å². The van der Waals surface area contributed by atoms with Crippen molar-refractivity contribution in [3.05, 3.63) is 76.3 Å². The average molecular weight is 678 g/mol. The van der Waals surface area contributed by atoms with Crippen LogP contribution in [0.3, 0.4) is 0 Å². The number of anilines is 2. The average Bonchev–Trinajstić information content (AvgIpc) is 3.08. The third-order valence-corrected chi connectivity index (χ3v) is 10.7. The van der Waals surface area contributed by atoms with Crippen molar-refractivity contribution in [3.63, 3.8) is 0 Å². The van der Waals surface area contributed by atoms with E-state index in [1.165, 1.54) is 11.0 Å². The molecular formula is C35H38ClF2N7O3. The zero-order valence-electron chi connectivity index (χ0n) is 26.9. The Labute approximate surface area is 283 Å². The van der Waals surface area contributed by atoms with Gasteiger partial charge in [-0.15, -0.1) is 0 Å². The van der Waals surface area contributed by atoms with Gasteiger partial charge in [-0.3, -0.25) is 4.79 Å². The number of hydrogen-bond donors (Lipinski definition) is 0. The van der Waals surface area contributed by atoms with E-state index in [1.54, 1.807) is 6.07 Å². The molecule has 0 bridgehead atoms. The fraction of sp³-hybridized carbons (Fsp3) is 0.486. The highest BCUT2D eigenvalue weighted by molar-refractivity contribution is 6.36. The number of carbonyl (C=O) groups excluding carboxylic acids is 1. The Kier molecular flexibility index (Phi) is 8.87. The molecular weight excluding hydrogens is 640 g/mol. The lowest BCUT2D eigenvalue weighted by molar-refractivity contribution is -0.131. The SMILES string of the molecule is [C-]#[N+]C[C@H]1CN(c2nc(OCC3COCCC34CN(C)C4)nc3c2CCN(c2cccc4ccc(F)c(Cl)c24)C3)CCN1C(=O)C(=C)F. The predicted octanol–water partition coefficient (Wildman–Crippen LogP) is 4.75. The Morgan fingerprint density at radius 2 is 2.04 bits per heavy atom. The summed E-state index contributed by atoms with van der Waals surface area (Å²) in [6, 6.07) is 8.62. The Balaban J connectivity index is 1.22. The minimum absolute atomic E-state index is 0.0243. The highest BCUT2D eigenvalue weighted by atomic mass is 35.5. The van der Waals surface area contributed by atoms with Gasteiger partial charge in [-0.2, -0.15) is 9.97 Å². The second-order valence-electron chi connectivity index (χ2n) is 13.4. The molecule has 5 heterocycles. The number of likely N-dealkylation sites (tertiary alicyclic amines) is 1. The number of ether oxygens (including phenoxy) is 2. The lowest BCUT2D eigenvalue weighted by Gasteiger charge is -2.55. The van der Waals surface area contributed by atoms with Crippen LogP contribution in [-0.2, 0) is 22.5 Å². The molecule has 252 valence electrons. The molecule has 2 aromatic carbocycles. The molecule has 3 fully saturated rings. The lowest BCUT2D eigenvalue weighted by Crippen LogP contribution is -2.62. The number of nitrogens with zero attached hydrogens (tertiary/aromatic N) is 7. The number of rotatable bonds is 7. The number of carbonyl (C=O) groups is 1. The molecule has 4 aliphatic heterocycles. The van der Waals surface area contributed by atoms with Crippen LogP contribution >= 0.6 is 11.6 Å². The molecule has 13 heteroatoms. The van der Waals surface area contributed by atoms with Crippen molar-refractivity contribution < 1.29 is 23.0 Å². The molecule has 7 rings (SSSR count). The van der Waals surface area contributed by atoms with E-state index in [9.17, 15) is 13.6 Å². The van der Waals surface area contributed by atoms with Gasteiger partial charge in [0.1, 0.15) is 17.7 Å². The van der Waals surface area contributed by atoms with Gasteiger partial charge in [-0.05, 0) is 37.4 Å². The van der Waals surface area contributed by atoms with E-state index in [0.717, 1.165) is 48.4 Å². The largest absolute Gasteiger partial charge is 0.463 e. The maximum Gasteiger partial charge on any atom is 0.318 e. The molecule has 1 unspecified atom stereocenters. The van der Waals surface area contributed by atoms with E-state index in [-0.39, 0.29) is 35.5 Å². The zero-order valence-corrected chi connectivity index (χ0v) is 27.7. The molecule has 0 N–H and O–H groups in total. The maximum absolute atomic E-state index is 14.6. The molecule has 48 heavy (non-hydrogen) atoms. The van der Waals surface area contributed by atoms with Crippen molar-refractivity contribution in [2.75, 3.05) is 82.5 Å². The van der Waals surface area contributed by atoms with Crippen LogP contribution < -0.4 is 14.5 Å². The van der Waals surface area contributed by atoms with Gasteiger partial charge < -0.3 is 33.9 Å². The number of hydrogen-bond acceptors (Lipinski definition) is 8. The topological polar surface area (TPSA) is 78.6 Å². The number of halogens is 3. The van der Waals surface area contributed by atoms with E-state index in [4.69, 9.17) is 37.6 Å². The fourth-order valence-corrected chi connectivity index (χ4v) is 8.20. The van der Waals surface area contributed by atoms with Crippen molar-refractivity contribution in [1.82, 2.24) is 19.8 Å². The van der Waals surface area contributed by atoms with Gasteiger partial charge in [-0.1, -0.05) is 36.4 Å². The molecule has 1 aromatic heterocycles. The number of aromatic nitrogens is 2. The van der Waals surface area contributed by atoms with Crippen LogP contribution in [0.25, 0.3) is 15.6 Å². The number of benzene rings is 2. The first-order valence-corrected chi connectivity index (χ1v) is 16.7. The van der Waals surface area contributed by atoms with Crippen molar-refractivity contribution in [2.45, 2.75) is 25.4 Å². The number of amides is 1. The highest BCUT2D eigenvalue weighted by Gasteiger charge is 2.49. The summed E-state index contributed by atoms with van der Waals surface area (Å²) < 4.78 is 40.8. The molecule has 1 amide bonds. The third kappa shape index (κ3) is 5.93. The summed E-state index contributed by atoms with van der Waals surface area (Å²) in [6.45, 7) is 16.4. The normalized spacial score (nSPS) is 22.3. The molecule has 0 aliphatic carbocycles. The fourth-order valence-electron chi connectivity index (χ4n) is 7.93. The summed E-state index contributed by atoms with van der Waals surface area (Å²) in [7, 11) is 2.12. The molecule has 0 saturated carbocycles. The van der Waals surface area contributed by atoms with Crippen LogP contribution in [0.5, 0.6) is 6.01 Å². The Morgan fingerprint density at radius 3 is 2.81 bits per heavy atom. The van der Waals surface area contributed by atoms with Crippen LogP contribution in [0.15, 0.2) is 42.7 Å². The Morgan fingerprint density at radius 1 is 1.21 bits per heavy atom. The Hall–Kier alpha value is -4.05. The smallest absolute Gasteiger partial charge is 0.318 e. The standard InChI is InChI=1S/C35H38ClF2N7O3/c1-22(37)33(46)45-13-12-44(16-25(45)15-39-2)32-26-9-11-43(29-6-4-5-23-7-8-27(38)31(36)30(23)29)17-28(26)40-34(41-32)48-19-24-18-47-14-10-35(24)20-42(3)21-35/h4-8,24-25H,1,9-21H2,3H3/t24?,25-/m0/s1. The van der Waals surface area contributed by atoms with Crippen molar-refractivity contribution in [2.24, 2.45) is 11.3 Å². The van der Waals surface area contributed by atoms with E-state index in [1.807, 2.05) is 18.2 Å². The molecule has 2 atom stereocenters. The monoisotopic (exact) mass is 677 g/mol. The van der Waals surface area contributed by atoms with Gasteiger partial charge in [0, 0.05) is 73.8 Å². The van der Waals surface area contributed by atoms with Crippen LogP contribution in [0.1, 0.15) is 17.7 Å². The quantitative estimate of drug-likeness (QED) is 0.262. The number of piperazine rings is 1. The molecule has 3 aromatic rings. The molecule has 0 radical (unpaired) electrons. The van der Waals surface area contributed by atoms with Crippen molar-refractivity contribution in [1.29, 1.82) is 0 Å². The summed E-state index contributed by atoms with van der Waals surface area (Å²) in [5, 5.41) is 1.58. The van der Waals surface area contributed by atoms with Gasteiger partial charge in [0.25, 0.3) is 5.91 Å². The first-order chi connectivity index (χ1) is 23.2. The summed E-state index contributed by atoms with van der Waals surface area (Å²) in [5.74, 6) is -1.41. The van der Waals surface area contributed by atoms with E-state index >= 15 is 0 Å². The van der Waals surface area contributed by atoms with E-state index in [0.29, 0.717) is 57.0 Å². The number of fused-ring (bicyclic) bond motifs is 2. The molecule has 10 nitrogen and oxygen atoms in total. The van der Waals surface area contributed by atoms with Crippen molar-refractivity contribution >= 4 is 39.8 Å². The minimum atomic E-state index is -1.04. The highest BCUT2D eigenvalue weighted by Crippen LogP contribution is 2.44. The van der Waals surface area contributed by atoms with Gasteiger partial charge in [0.15, 0.2) is 5.83 Å². The first-order valence-electron chi connectivity index (χ1n) is 16.3. The molecule has 3 saturated heterocycles. The van der Waals surface area contributed by atoms with E-state index < -0.39 is 23.6 Å². The maximum atomic E-state index is 14.6. The predicted molar refractivity (Wildman–Crippen MR) is 179 cm³/mol. The minimum Gasteiger partial charge on any atom is -0.463 e. The van der Waals surface area contributed by atoms with Gasteiger partial charge >= 0.3 is 6.01 Å². The Bertz CT molecular complexity index is 1790. The molecule has 1 spiro atoms. The summed E-state index contributed by atoms with van der Waals surface area (Å²) in [5.41, 5.74) is 2.70. The van der Waals surface area contributed by atoms with Crippen LogP contribution in [-0.4, -0.2) is 104 Å². The zero-order chi connectivity index (χ0) is 33.6. The summed E-state index contributed by atoms with van der Waals surface area (Å²) in [4.78, 5) is 33.9. The van der Waals surface area contributed by atoms with Crippen LogP contribution in [0.4, 0.5) is 20.3 Å².